The van der Waals surface area contributed by atoms with E-state index in [1.165, 1.54) is 42.7 Å². The summed E-state index contributed by atoms with van der Waals surface area (Å²) in [6.07, 6.45) is 0. The van der Waals surface area contributed by atoms with Crippen LogP contribution < -0.4 is 5.32 Å². The molecule has 10 heteroatoms. The van der Waals surface area contributed by atoms with E-state index in [-0.39, 0.29) is 11.4 Å². The van der Waals surface area contributed by atoms with Gasteiger partial charge < -0.3 is 10.1 Å². The third-order valence-electron chi connectivity index (χ3n) is 5.44. The number of rotatable bonds is 8. The highest BCUT2D eigenvalue weighted by Gasteiger charge is 2.27. The predicted molar refractivity (Wildman–Crippen MR) is 142 cm³/mol. The number of carbonyl (C=O) groups excluding carboxylic acids is 2. The maximum atomic E-state index is 13.4. The van der Waals surface area contributed by atoms with E-state index in [0.29, 0.717) is 15.6 Å². The van der Waals surface area contributed by atoms with Crippen LogP contribution in [0.3, 0.4) is 0 Å². The van der Waals surface area contributed by atoms with E-state index in [2.05, 4.69) is 5.32 Å². The minimum absolute atomic E-state index is 0.0186. The Balaban J connectivity index is 1.57. The van der Waals surface area contributed by atoms with Crippen LogP contribution in [-0.4, -0.2) is 38.3 Å². The van der Waals surface area contributed by atoms with Crippen LogP contribution in [0.1, 0.15) is 20.8 Å². The van der Waals surface area contributed by atoms with E-state index >= 15 is 0 Å². The number of anilines is 1. The number of hydrogen-bond donors (Lipinski definition) is 1. The van der Waals surface area contributed by atoms with Crippen molar-refractivity contribution in [1.29, 1.82) is 0 Å². The first-order valence-electron chi connectivity index (χ1n) is 10.9. The summed E-state index contributed by atoms with van der Waals surface area (Å²) in [5.74, 6) is -0.927. The van der Waals surface area contributed by atoms with Crippen molar-refractivity contribution < 1.29 is 22.7 Å². The molecule has 4 rings (SSSR count). The van der Waals surface area contributed by atoms with E-state index < -0.39 is 28.4 Å². The number of hydrogen-bond acceptors (Lipinski definition) is 6. The number of thiophene rings is 1. The fourth-order valence-corrected chi connectivity index (χ4v) is 6.03. The molecule has 0 unspecified atom stereocenters. The number of amides is 1. The number of esters is 1. The van der Waals surface area contributed by atoms with Crippen LogP contribution in [0.25, 0.3) is 10.1 Å². The number of sulfonamides is 1. The second kappa shape index (κ2) is 10.8. The van der Waals surface area contributed by atoms with Crippen molar-refractivity contribution in [3.63, 3.8) is 0 Å². The Labute approximate surface area is 218 Å². The van der Waals surface area contributed by atoms with Crippen LogP contribution >= 0.6 is 22.9 Å². The van der Waals surface area contributed by atoms with Gasteiger partial charge in [0.05, 0.1) is 18.6 Å². The van der Waals surface area contributed by atoms with Crippen molar-refractivity contribution in [3.8, 4) is 0 Å². The Morgan fingerprint density at radius 2 is 1.69 bits per heavy atom. The van der Waals surface area contributed by atoms with E-state index in [9.17, 15) is 18.0 Å². The van der Waals surface area contributed by atoms with Crippen molar-refractivity contribution in [2.75, 3.05) is 19.0 Å². The summed E-state index contributed by atoms with van der Waals surface area (Å²) >= 11 is 7.22. The number of ether oxygens (including phenoxy) is 1. The van der Waals surface area contributed by atoms with Gasteiger partial charge in [0, 0.05) is 22.0 Å². The molecule has 3 aromatic carbocycles. The third kappa shape index (κ3) is 5.93. The minimum atomic E-state index is -3.99. The number of halogens is 1. The first-order chi connectivity index (χ1) is 17.2. The Hall–Kier alpha value is -3.24. The summed E-state index contributed by atoms with van der Waals surface area (Å²) in [6.45, 7) is 1.57. The van der Waals surface area contributed by atoms with Crippen LogP contribution in [-0.2, 0) is 26.1 Å². The maximum Gasteiger partial charge on any atom is 0.348 e. The standard InChI is InChI=1S/C26H23ClN2O5S2/c1-17-3-5-18(6-4-17)15-29(36(32,33)22-10-7-20(27)8-11-22)16-25(30)28-21-9-12-23-19(13-21)14-24(35-23)26(31)34-2/h3-14H,15-16H2,1-2H3,(H,28,30). The summed E-state index contributed by atoms with van der Waals surface area (Å²) in [4.78, 5) is 25.3. The first kappa shape index (κ1) is 25.8. The zero-order chi connectivity index (χ0) is 25.9. The second-order valence-electron chi connectivity index (χ2n) is 8.12. The third-order valence-corrected chi connectivity index (χ3v) is 8.59. The van der Waals surface area contributed by atoms with E-state index in [1.54, 1.807) is 24.3 Å². The fraction of sp³-hybridized carbons (Fsp3) is 0.154. The molecule has 0 aliphatic heterocycles. The lowest BCUT2D eigenvalue weighted by molar-refractivity contribution is -0.116. The quantitative estimate of drug-likeness (QED) is 0.298. The van der Waals surface area contributed by atoms with E-state index in [1.807, 2.05) is 31.2 Å². The molecule has 1 N–H and O–H groups in total. The normalized spacial score (nSPS) is 11.6. The summed E-state index contributed by atoms with van der Waals surface area (Å²) < 4.78 is 33.6. The van der Waals surface area contributed by atoms with Gasteiger partial charge in [0.2, 0.25) is 15.9 Å². The predicted octanol–water partition coefficient (Wildman–Crippen LogP) is 5.48. The molecule has 0 saturated carbocycles. The number of aryl methyl sites for hydroxylation is 1. The molecule has 7 nitrogen and oxygen atoms in total. The zero-order valence-corrected chi connectivity index (χ0v) is 21.9. The highest BCUT2D eigenvalue weighted by Crippen LogP contribution is 2.29. The van der Waals surface area contributed by atoms with Crippen LogP contribution in [0.5, 0.6) is 0 Å². The van der Waals surface area contributed by atoms with Crippen molar-refractivity contribution in [2.45, 2.75) is 18.4 Å². The molecular weight excluding hydrogens is 520 g/mol. The van der Waals surface area contributed by atoms with Crippen LogP contribution in [0, 0.1) is 6.92 Å². The minimum Gasteiger partial charge on any atom is -0.465 e. The molecule has 1 heterocycles. The van der Waals surface area contributed by atoms with Gasteiger partial charge in [-0.1, -0.05) is 41.4 Å². The highest BCUT2D eigenvalue weighted by atomic mass is 35.5. The SMILES string of the molecule is COC(=O)c1cc2cc(NC(=O)CN(Cc3ccc(C)cc3)S(=O)(=O)c3ccc(Cl)cc3)ccc2s1. The molecule has 0 bridgehead atoms. The van der Waals surface area contributed by atoms with Gasteiger partial charge in [-0.3, -0.25) is 4.79 Å². The molecule has 0 aliphatic rings. The van der Waals surface area contributed by atoms with Crippen LogP contribution in [0.2, 0.25) is 5.02 Å². The summed E-state index contributed by atoms with van der Waals surface area (Å²) in [7, 11) is -2.67. The molecule has 0 fully saturated rings. The number of nitrogens with one attached hydrogen (secondary N) is 1. The molecule has 4 aromatic rings. The Kier molecular flexibility index (Phi) is 7.75. The number of benzene rings is 3. The van der Waals surface area contributed by atoms with Crippen molar-refractivity contribution >= 4 is 60.6 Å². The number of methoxy groups -OCH3 is 1. The molecule has 0 spiro atoms. The first-order valence-corrected chi connectivity index (χ1v) is 13.5. The molecule has 0 radical (unpaired) electrons. The average Bonchev–Trinajstić information content (AvgIpc) is 3.28. The molecular formula is C26H23ClN2O5S2. The largest absolute Gasteiger partial charge is 0.465 e. The van der Waals surface area contributed by atoms with Gasteiger partial charge in [0.15, 0.2) is 0 Å². The molecule has 1 aromatic heterocycles. The molecule has 0 saturated heterocycles. The van der Waals surface area contributed by atoms with Crippen molar-refractivity contribution in [3.05, 3.63) is 93.8 Å². The van der Waals surface area contributed by atoms with Crippen LogP contribution in [0.15, 0.2) is 77.7 Å². The molecule has 1 amide bonds. The fourth-order valence-electron chi connectivity index (χ4n) is 3.56. The Bertz CT molecular complexity index is 1510. The summed E-state index contributed by atoms with van der Waals surface area (Å²) in [5.41, 5.74) is 2.28. The van der Waals surface area contributed by atoms with Gasteiger partial charge in [0.1, 0.15) is 4.88 Å². The maximum absolute atomic E-state index is 13.4. The van der Waals surface area contributed by atoms with Gasteiger partial charge in [-0.2, -0.15) is 4.31 Å². The number of fused-ring (bicyclic) bond motifs is 1. The monoisotopic (exact) mass is 542 g/mol. The topological polar surface area (TPSA) is 92.8 Å². The second-order valence-corrected chi connectivity index (χ2v) is 11.6. The van der Waals surface area contributed by atoms with Crippen LogP contribution in [0.4, 0.5) is 5.69 Å². The van der Waals surface area contributed by atoms with E-state index in [0.717, 1.165) is 25.5 Å². The Morgan fingerprint density at radius 3 is 2.36 bits per heavy atom. The van der Waals surface area contributed by atoms with Gasteiger partial charge in [-0.15, -0.1) is 11.3 Å². The van der Waals surface area contributed by atoms with Gasteiger partial charge in [-0.25, -0.2) is 13.2 Å². The lowest BCUT2D eigenvalue weighted by atomic mass is 10.1. The average molecular weight is 543 g/mol. The lowest BCUT2D eigenvalue weighted by Crippen LogP contribution is -2.37. The smallest absolute Gasteiger partial charge is 0.348 e. The van der Waals surface area contributed by atoms with Gasteiger partial charge >= 0.3 is 5.97 Å². The van der Waals surface area contributed by atoms with Crippen molar-refractivity contribution in [2.24, 2.45) is 0 Å². The molecule has 0 aliphatic carbocycles. The molecule has 36 heavy (non-hydrogen) atoms. The van der Waals surface area contributed by atoms with Crippen molar-refractivity contribution in [1.82, 2.24) is 4.31 Å². The van der Waals surface area contributed by atoms with Gasteiger partial charge in [-0.05, 0) is 66.4 Å². The summed E-state index contributed by atoms with van der Waals surface area (Å²) in [5, 5.41) is 3.95. The molecule has 186 valence electrons. The summed E-state index contributed by atoms with van der Waals surface area (Å²) in [6, 6.07) is 20.2. The number of nitrogens with zero attached hydrogens (tertiary/aromatic N) is 1. The van der Waals surface area contributed by atoms with E-state index in [4.69, 9.17) is 16.3 Å². The molecule has 0 atom stereocenters. The van der Waals surface area contributed by atoms with Gasteiger partial charge in [0.25, 0.3) is 0 Å². The number of carbonyl (C=O) groups is 2. The lowest BCUT2D eigenvalue weighted by Gasteiger charge is -2.22. The zero-order valence-electron chi connectivity index (χ0n) is 19.5. The highest BCUT2D eigenvalue weighted by molar-refractivity contribution is 7.89. The Morgan fingerprint density at radius 1 is 1.00 bits per heavy atom.